The third-order valence-corrected chi connectivity index (χ3v) is 5.60. The van der Waals surface area contributed by atoms with Crippen LogP contribution in [0, 0.1) is 13.8 Å². The Balaban J connectivity index is 1.48. The molecule has 1 aromatic heterocycles. The number of anilines is 1. The molecule has 0 N–H and O–H groups in total. The molecule has 2 heterocycles. The smallest absolute Gasteiger partial charge is 0.253 e. The van der Waals surface area contributed by atoms with Crippen molar-refractivity contribution in [3.8, 4) is 0 Å². The summed E-state index contributed by atoms with van der Waals surface area (Å²) in [6.45, 7) is 7.45. The van der Waals surface area contributed by atoms with E-state index < -0.39 is 0 Å². The van der Waals surface area contributed by atoms with Crippen LogP contribution >= 0.6 is 11.6 Å². The molecule has 0 atom stereocenters. The highest BCUT2D eigenvalue weighted by atomic mass is 35.5. The van der Waals surface area contributed by atoms with E-state index in [-0.39, 0.29) is 5.91 Å². The van der Waals surface area contributed by atoms with Gasteiger partial charge in [-0.3, -0.25) is 4.79 Å². The molecule has 1 fully saturated rings. The van der Waals surface area contributed by atoms with E-state index in [1.54, 1.807) is 6.07 Å². The SMILES string of the molecule is Cc1cccc(N2CCN(C(=O)c3ccc4nc(Cl)ccc4c3)CC2)c1C. The van der Waals surface area contributed by atoms with Crippen molar-refractivity contribution in [3.05, 3.63) is 70.4 Å². The standard InChI is InChI=1S/C22H22ClN3O/c1-15-4-3-5-20(16(15)2)25-10-12-26(13-11-25)22(27)18-6-8-19-17(14-18)7-9-21(23)24-19/h3-9,14H,10-13H2,1-2H3. The summed E-state index contributed by atoms with van der Waals surface area (Å²) in [5.74, 6) is 0.0764. The van der Waals surface area contributed by atoms with E-state index in [9.17, 15) is 4.79 Å². The number of hydrogen-bond acceptors (Lipinski definition) is 3. The van der Waals surface area contributed by atoms with Gasteiger partial charge in [-0.1, -0.05) is 23.7 Å². The molecule has 1 saturated heterocycles. The van der Waals surface area contributed by atoms with Crippen LogP contribution in [0.3, 0.4) is 0 Å². The van der Waals surface area contributed by atoms with Crippen molar-refractivity contribution in [2.24, 2.45) is 0 Å². The minimum atomic E-state index is 0.0764. The maximum absolute atomic E-state index is 12.9. The lowest BCUT2D eigenvalue weighted by Gasteiger charge is -2.37. The zero-order valence-corrected chi connectivity index (χ0v) is 16.3. The number of amides is 1. The molecule has 0 spiro atoms. The van der Waals surface area contributed by atoms with E-state index in [0.29, 0.717) is 10.7 Å². The Labute approximate surface area is 164 Å². The molecule has 27 heavy (non-hydrogen) atoms. The van der Waals surface area contributed by atoms with Gasteiger partial charge in [0.25, 0.3) is 5.91 Å². The van der Waals surface area contributed by atoms with Gasteiger partial charge in [0.05, 0.1) is 5.52 Å². The number of nitrogens with zero attached hydrogens (tertiary/aromatic N) is 3. The molecular weight excluding hydrogens is 358 g/mol. The van der Waals surface area contributed by atoms with Gasteiger partial charge in [-0.25, -0.2) is 4.98 Å². The van der Waals surface area contributed by atoms with Crippen LogP contribution < -0.4 is 4.90 Å². The number of aromatic nitrogens is 1. The van der Waals surface area contributed by atoms with E-state index in [4.69, 9.17) is 11.6 Å². The number of hydrogen-bond donors (Lipinski definition) is 0. The van der Waals surface area contributed by atoms with Crippen LogP contribution in [-0.4, -0.2) is 42.0 Å². The summed E-state index contributed by atoms with van der Waals surface area (Å²) in [6.07, 6.45) is 0. The van der Waals surface area contributed by atoms with Gasteiger partial charge in [0.1, 0.15) is 5.15 Å². The molecule has 0 bridgehead atoms. The van der Waals surface area contributed by atoms with Crippen molar-refractivity contribution < 1.29 is 4.79 Å². The first-order chi connectivity index (χ1) is 13.0. The molecule has 0 saturated carbocycles. The van der Waals surface area contributed by atoms with E-state index in [1.807, 2.05) is 29.2 Å². The topological polar surface area (TPSA) is 36.4 Å². The number of carbonyl (C=O) groups excluding carboxylic acids is 1. The molecule has 5 heteroatoms. The summed E-state index contributed by atoms with van der Waals surface area (Å²) in [5.41, 5.74) is 5.40. The number of rotatable bonds is 2. The van der Waals surface area contributed by atoms with Gasteiger partial charge in [-0.15, -0.1) is 0 Å². The summed E-state index contributed by atoms with van der Waals surface area (Å²) in [4.78, 5) is 21.5. The van der Waals surface area contributed by atoms with E-state index >= 15 is 0 Å². The van der Waals surface area contributed by atoms with E-state index in [2.05, 4.69) is 41.9 Å². The first-order valence-electron chi connectivity index (χ1n) is 9.20. The van der Waals surface area contributed by atoms with Crippen LogP contribution in [0.2, 0.25) is 5.15 Å². The highest BCUT2D eigenvalue weighted by molar-refractivity contribution is 6.29. The second kappa shape index (κ2) is 7.20. The van der Waals surface area contributed by atoms with Crippen molar-refractivity contribution in [1.29, 1.82) is 0 Å². The van der Waals surface area contributed by atoms with Crippen molar-refractivity contribution in [2.45, 2.75) is 13.8 Å². The monoisotopic (exact) mass is 379 g/mol. The second-order valence-electron chi connectivity index (χ2n) is 7.04. The van der Waals surface area contributed by atoms with Crippen molar-refractivity contribution in [3.63, 3.8) is 0 Å². The Hall–Kier alpha value is -2.59. The fourth-order valence-electron chi connectivity index (χ4n) is 3.64. The Bertz CT molecular complexity index is 1010. The molecule has 0 aliphatic carbocycles. The maximum Gasteiger partial charge on any atom is 0.253 e. The number of carbonyl (C=O) groups is 1. The molecule has 1 amide bonds. The molecule has 0 unspecified atom stereocenters. The van der Waals surface area contributed by atoms with E-state index in [1.165, 1.54) is 16.8 Å². The molecule has 4 nitrogen and oxygen atoms in total. The summed E-state index contributed by atoms with van der Waals surface area (Å²) in [7, 11) is 0. The number of fused-ring (bicyclic) bond motifs is 1. The van der Waals surface area contributed by atoms with Crippen molar-refractivity contribution >= 4 is 34.1 Å². The summed E-state index contributed by atoms with van der Waals surface area (Å²) >= 11 is 5.94. The van der Waals surface area contributed by atoms with Gasteiger partial charge in [0.15, 0.2) is 0 Å². The third kappa shape index (κ3) is 3.50. The number of aryl methyl sites for hydroxylation is 1. The van der Waals surface area contributed by atoms with Crippen molar-refractivity contribution in [1.82, 2.24) is 9.88 Å². The number of benzene rings is 2. The van der Waals surface area contributed by atoms with Gasteiger partial charge in [-0.2, -0.15) is 0 Å². The predicted octanol–water partition coefficient (Wildman–Crippen LogP) is 4.47. The predicted molar refractivity (Wildman–Crippen MR) is 111 cm³/mol. The Kier molecular flexibility index (Phi) is 4.75. The van der Waals surface area contributed by atoms with Crippen LogP contribution in [0.1, 0.15) is 21.5 Å². The van der Waals surface area contributed by atoms with Gasteiger partial charge in [0.2, 0.25) is 0 Å². The minimum absolute atomic E-state index is 0.0764. The Morgan fingerprint density at radius 1 is 1.00 bits per heavy atom. The van der Waals surface area contributed by atoms with Crippen LogP contribution in [0.4, 0.5) is 5.69 Å². The quantitative estimate of drug-likeness (QED) is 0.616. The summed E-state index contributed by atoms with van der Waals surface area (Å²) in [6, 6.07) is 15.7. The molecule has 4 rings (SSSR count). The fraction of sp³-hybridized carbons (Fsp3) is 0.273. The lowest BCUT2D eigenvalue weighted by atomic mass is 10.1. The molecule has 0 radical (unpaired) electrons. The van der Waals surface area contributed by atoms with Crippen molar-refractivity contribution in [2.75, 3.05) is 31.1 Å². The number of piperazine rings is 1. The minimum Gasteiger partial charge on any atom is -0.368 e. The highest BCUT2D eigenvalue weighted by Gasteiger charge is 2.23. The lowest BCUT2D eigenvalue weighted by Crippen LogP contribution is -2.49. The van der Waals surface area contributed by atoms with E-state index in [0.717, 1.165) is 37.1 Å². The first kappa shape index (κ1) is 17.8. The Morgan fingerprint density at radius 3 is 2.56 bits per heavy atom. The molecule has 1 aliphatic rings. The molecule has 2 aromatic carbocycles. The maximum atomic E-state index is 12.9. The lowest BCUT2D eigenvalue weighted by molar-refractivity contribution is 0.0747. The largest absolute Gasteiger partial charge is 0.368 e. The summed E-state index contributed by atoms with van der Waals surface area (Å²) in [5, 5.41) is 1.39. The first-order valence-corrected chi connectivity index (χ1v) is 9.57. The Morgan fingerprint density at radius 2 is 1.78 bits per heavy atom. The van der Waals surface area contributed by atoms with Crippen LogP contribution in [0.25, 0.3) is 10.9 Å². The average Bonchev–Trinajstić information content (AvgIpc) is 2.69. The van der Waals surface area contributed by atoms with Gasteiger partial charge < -0.3 is 9.80 Å². The average molecular weight is 380 g/mol. The highest BCUT2D eigenvalue weighted by Crippen LogP contribution is 2.24. The molecular formula is C22H22ClN3O. The van der Waals surface area contributed by atoms with Crippen LogP contribution in [0.15, 0.2) is 48.5 Å². The number of pyridine rings is 1. The third-order valence-electron chi connectivity index (χ3n) is 5.39. The molecule has 1 aliphatic heterocycles. The van der Waals surface area contributed by atoms with Crippen LogP contribution in [0.5, 0.6) is 0 Å². The van der Waals surface area contributed by atoms with Gasteiger partial charge in [0, 0.05) is 42.8 Å². The summed E-state index contributed by atoms with van der Waals surface area (Å²) < 4.78 is 0. The van der Waals surface area contributed by atoms with Gasteiger partial charge >= 0.3 is 0 Å². The zero-order valence-electron chi connectivity index (χ0n) is 15.6. The normalized spacial score (nSPS) is 14.6. The fourth-order valence-corrected chi connectivity index (χ4v) is 3.80. The molecule has 3 aromatic rings. The zero-order chi connectivity index (χ0) is 19.0. The second-order valence-corrected chi connectivity index (χ2v) is 7.43. The van der Waals surface area contributed by atoms with Crippen LogP contribution in [-0.2, 0) is 0 Å². The van der Waals surface area contributed by atoms with Gasteiger partial charge in [-0.05, 0) is 61.4 Å². The molecule has 138 valence electrons. The number of halogens is 1.